The van der Waals surface area contributed by atoms with E-state index in [4.69, 9.17) is 10.5 Å². The van der Waals surface area contributed by atoms with Gasteiger partial charge in [0, 0.05) is 6.42 Å². The van der Waals surface area contributed by atoms with Gasteiger partial charge in [0.15, 0.2) is 0 Å². The molecule has 0 radical (unpaired) electrons. The normalized spacial score (nSPS) is 9.53. The minimum atomic E-state index is -0.294. The summed E-state index contributed by atoms with van der Waals surface area (Å²) in [5.41, 5.74) is 5.12. The van der Waals surface area contributed by atoms with Crippen molar-refractivity contribution in [2.24, 2.45) is 5.73 Å². The van der Waals surface area contributed by atoms with E-state index in [0.717, 1.165) is 12.8 Å². The van der Waals surface area contributed by atoms with E-state index in [2.05, 4.69) is 6.92 Å². The second-order valence-corrected chi connectivity index (χ2v) is 3.88. The van der Waals surface area contributed by atoms with Crippen LogP contribution in [0.1, 0.15) is 51.9 Å². The van der Waals surface area contributed by atoms with Crippen LogP contribution in [-0.2, 0) is 14.3 Å². The number of ether oxygens (including phenoxy) is 1. The number of hydrogen-bond acceptors (Lipinski definition) is 4. The predicted octanol–water partition coefficient (Wildman–Crippen LogP) is 2.23. The highest BCUT2D eigenvalue weighted by molar-refractivity contribution is 5.85. The molecular formula is C12H24ClNO3. The molecule has 0 fully saturated rings. The third-order valence-electron chi connectivity index (χ3n) is 2.35. The van der Waals surface area contributed by atoms with Crippen molar-refractivity contribution in [2.45, 2.75) is 51.9 Å². The van der Waals surface area contributed by atoms with Crippen LogP contribution >= 0.6 is 12.4 Å². The molecule has 0 aromatic rings. The van der Waals surface area contributed by atoms with E-state index in [1.54, 1.807) is 0 Å². The van der Waals surface area contributed by atoms with Crippen LogP contribution in [0.5, 0.6) is 0 Å². The molecule has 0 spiro atoms. The first kappa shape index (κ1) is 18.7. The smallest absolute Gasteiger partial charge is 0.306 e. The third kappa shape index (κ3) is 13.3. The zero-order valence-corrected chi connectivity index (χ0v) is 11.4. The standard InChI is InChI=1S/C12H23NO3.ClH/c1-2-3-4-5-6-9-16-12(15)8-7-11(14)10-13;/h2-10,13H2,1H3;1H. The lowest BCUT2D eigenvalue weighted by atomic mass is 10.2. The van der Waals surface area contributed by atoms with Crippen molar-refractivity contribution in [2.75, 3.05) is 13.2 Å². The molecule has 17 heavy (non-hydrogen) atoms. The minimum absolute atomic E-state index is 0. The van der Waals surface area contributed by atoms with E-state index in [1.807, 2.05) is 0 Å². The van der Waals surface area contributed by atoms with Crippen LogP contribution < -0.4 is 5.73 Å². The van der Waals surface area contributed by atoms with Gasteiger partial charge in [0.2, 0.25) is 0 Å². The maximum Gasteiger partial charge on any atom is 0.306 e. The quantitative estimate of drug-likeness (QED) is 0.486. The molecule has 0 heterocycles. The Hall–Kier alpha value is -0.610. The highest BCUT2D eigenvalue weighted by Crippen LogP contribution is 2.03. The van der Waals surface area contributed by atoms with Crippen LogP contribution in [0.3, 0.4) is 0 Å². The Labute approximate surface area is 110 Å². The van der Waals surface area contributed by atoms with E-state index in [0.29, 0.717) is 6.61 Å². The molecule has 0 aromatic heterocycles. The van der Waals surface area contributed by atoms with E-state index in [9.17, 15) is 9.59 Å². The monoisotopic (exact) mass is 265 g/mol. The molecule has 4 nitrogen and oxygen atoms in total. The number of unbranched alkanes of at least 4 members (excludes halogenated alkanes) is 4. The number of carbonyl (C=O) groups excluding carboxylic acids is 2. The van der Waals surface area contributed by atoms with Gasteiger partial charge in [0.25, 0.3) is 0 Å². The highest BCUT2D eigenvalue weighted by Gasteiger charge is 2.06. The van der Waals surface area contributed by atoms with E-state index in [-0.39, 0.29) is 43.5 Å². The third-order valence-corrected chi connectivity index (χ3v) is 2.35. The van der Waals surface area contributed by atoms with Crippen LogP contribution in [0.25, 0.3) is 0 Å². The number of hydrogen-bond donors (Lipinski definition) is 1. The summed E-state index contributed by atoms with van der Waals surface area (Å²) in [6, 6.07) is 0. The molecule has 0 atom stereocenters. The molecule has 2 N–H and O–H groups in total. The Morgan fingerprint density at radius 3 is 2.29 bits per heavy atom. The Morgan fingerprint density at radius 2 is 1.71 bits per heavy atom. The van der Waals surface area contributed by atoms with Crippen molar-refractivity contribution >= 4 is 24.2 Å². The van der Waals surface area contributed by atoms with Crippen molar-refractivity contribution in [3.63, 3.8) is 0 Å². The van der Waals surface area contributed by atoms with Crippen molar-refractivity contribution in [3.05, 3.63) is 0 Å². The van der Waals surface area contributed by atoms with Crippen LogP contribution in [-0.4, -0.2) is 24.9 Å². The van der Waals surface area contributed by atoms with Crippen molar-refractivity contribution in [3.8, 4) is 0 Å². The average molecular weight is 266 g/mol. The fourth-order valence-corrected chi connectivity index (χ4v) is 1.31. The van der Waals surface area contributed by atoms with Gasteiger partial charge in [-0.3, -0.25) is 9.59 Å². The van der Waals surface area contributed by atoms with Crippen molar-refractivity contribution in [1.82, 2.24) is 0 Å². The van der Waals surface area contributed by atoms with Gasteiger partial charge in [0.05, 0.1) is 19.6 Å². The molecule has 0 amide bonds. The zero-order chi connectivity index (χ0) is 12.2. The number of rotatable bonds is 10. The Kier molecular flexibility index (Phi) is 14.8. The van der Waals surface area contributed by atoms with E-state index < -0.39 is 0 Å². The first-order chi connectivity index (χ1) is 7.70. The van der Waals surface area contributed by atoms with Crippen LogP contribution in [0.4, 0.5) is 0 Å². The van der Waals surface area contributed by atoms with Crippen molar-refractivity contribution in [1.29, 1.82) is 0 Å². The second-order valence-electron chi connectivity index (χ2n) is 3.88. The first-order valence-corrected chi connectivity index (χ1v) is 6.08. The molecule has 0 rings (SSSR count). The highest BCUT2D eigenvalue weighted by atomic mass is 35.5. The SMILES string of the molecule is CCCCCCCOC(=O)CCC(=O)CN.Cl. The van der Waals surface area contributed by atoms with Crippen LogP contribution in [0, 0.1) is 0 Å². The first-order valence-electron chi connectivity index (χ1n) is 6.08. The van der Waals surface area contributed by atoms with Gasteiger partial charge in [-0.25, -0.2) is 0 Å². The number of ketones is 1. The molecule has 0 saturated carbocycles. The molecule has 0 aliphatic rings. The number of halogens is 1. The van der Waals surface area contributed by atoms with Gasteiger partial charge < -0.3 is 10.5 Å². The summed E-state index contributed by atoms with van der Waals surface area (Å²) in [4.78, 5) is 22.0. The molecule has 0 aliphatic heterocycles. The summed E-state index contributed by atoms with van der Waals surface area (Å²) < 4.78 is 4.99. The van der Waals surface area contributed by atoms with Gasteiger partial charge in [-0.05, 0) is 6.42 Å². The van der Waals surface area contributed by atoms with E-state index in [1.165, 1.54) is 19.3 Å². The van der Waals surface area contributed by atoms with Gasteiger partial charge in [-0.2, -0.15) is 0 Å². The van der Waals surface area contributed by atoms with E-state index >= 15 is 0 Å². The predicted molar refractivity (Wildman–Crippen MR) is 70.3 cm³/mol. The Bertz CT molecular complexity index is 210. The number of esters is 1. The summed E-state index contributed by atoms with van der Waals surface area (Å²) >= 11 is 0. The topological polar surface area (TPSA) is 69.4 Å². The maximum absolute atomic E-state index is 11.1. The molecule has 0 bridgehead atoms. The molecule has 0 aliphatic carbocycles. The largest absolute Gasteiger partial charge is 0.466 e. The number of nitrogens with two attached hydrogens (primary N) is 1. The van der Waals surface area contributed by atoms with Gasteiger partial charge >= 0.3 is 5.97 Å². The maximum atomic E-state index is 11.1. The molecule has 0 saturated heterocycles. The summed E-state index contributed by atoms with van der Waals surface area (Å²) in [6.45, 7) is 2.64. The van der Waals surface area contributed by atoms with Crippen LogP contribution in [0.2, 0.25) is 0 Å². The summed E-state index contributed by atoms with van der Waals surface area (Å²) in [5.74, 6) is -0.391. The fourth-order valence-electron chi connectivity index (χ4n) is 1.31. The Balaban J connectivity index is 0. The molecular weight excluding hydrogens is 242 g/mol. The molecule has 102 valence electrons. The molecule has 0 aromatic carbocycles. The van der Waals surface area contributed by atoms with Crippen molar-refractivity contribution < 1.29 is 14.3 Å². The minimum Gasteiger partial charge on any atom is -0.466 e. The number of carbonyl (C=O) groups is 2. The lowest BCUT2D eigenvalue weighted by molar-refractivity contribution is -0.144. The molecule has 0 unspecified atom stereocenters. The fraction of sp³-hybridized carbons (Fsp3) is 0.833. The Morgan fingerprint density at radius 1 is 1.06 bits per heavy atom. The lowest BCUT2D eigenvalue weighted by Crippen LogP contribution is -2.15. The summed E-state index contributed by atoms with van der Waals surface area (Å²) in [5, 5.41) is 0. The number of Topliss-reactive ketones (excluding diaryl/α,β-unsaturated/α-hetero) is 1. The zero-order valence-electron chi connectivity index (χ0n) is 10.6. The lowest BCUT2D eigenvalue weighted by Gasteiger charge is -2.04. The average Bonchev–Trinajstić information content (AvgIpc) is 2.30. The molecule has 5 heteroatoms. The summed E-state index contributed by atoms with van der Waals surface area (Å²) in [6.07, 6.45) is 6.01. The van der Waals surface area contributed by atoms with Gasteiger partial charge in [0.1, 0.15) is 5.78 Å². The van der Waals surface area contributed by atoms with Crippen LogP contribution in [0.15, 0.2) is 0 Å². The summed E-state index contributed by atoms with van der Waals surface area (Å²) in [7, 11) is 0. The van der Waals surface area contributed by atoms with Gasteiger partial charge in [-0.1, -0.05) is 32.6 Å². The van der Waals surface area contributed by atoms with Gasteiger partial charge in [-0.15, -0.1) is 12.4 Å². The second kappa shape index (κ2) is 13.5.